The maximum Gasteiger partial charge on any atom is 0.230 e. The van der Waals surface area contributed by atoms with E-state index >= 15 is 0 Å². The minimum Gasteiger partial charge on any atom is -0.352 e. The van der Waals surface area contributed by atoms with Crippen LogP contribution in [-0.4, -0.2) is 36.5 Å². The minimum atomic E-state index is 0. The first-order valence-corrected chi connectivity index (χ1v) is 6.56. The van der Waals surface area contributed by atoms with E-state index in [1.54, 1.807) is 11.8 Å². The first-order chi connectivity index (χ1) is 6.83. The van der Waals surface area contributed by atoms with Gasteiger partial charge in [-0.2, -0.15) is 11.8 Å². The van der Waals surface area contributed by atoms with Crippen LogP contribution in [0.2, 0.25) is 0 Å². The molecule has 2 atom stereocenters. The Balaban J connectivity index is 0.00000112. The largest absolute Gasteiger partial charge is 0.352 e. The van der Waals surface area contributed by atoms with Crippen LogP contribution in [0.5, 0.6) is 0 Å². The molecular formula is C10H19ClN2OS. The quantitative estimate of drug-likeness (QED) is 0.712. The van der Waals surface area contributed by atoms with E-state index in [9.17, 15) is 4.79 Å². The summed E-state index contributed by atoms with van der Waals surface area (Å²) in [6.45, 7) is 4.33. The molecule has 1 aliphatic carbocycles. The van der Waals surface area contributed by atoms with Crippen LogP contribution in [0.1, 0.15) is 13.3 Å². The average Bonchev–Trinajstić information content (AvgIpc) is 2.64. The van der Waals surface area contributed by atoms with Crippen molar-refractivity contribution in [3.8, 4) is 0 Å². The second-order valence-corrected chi connectivity index (χ2v) is 5.24. The number of amides is 1. The summed E-state index contributed by atoms with van der Waals surface area (Å²) in [5, 5.41) is 6.44. The fraction of sp³-hybridized carbons (Fsp3) is 0.900. The summed E-state index contributed by atoms with van der Waals surface area (Å²) in [6.07, 6.45) is 1.15. The molecule has 0 aromatic carbocycles. The molecule has 88 valence electrons. The van der Waals surface area contributed by atoms with Crippen LogP contribution in [0, 0.1) is 11.8 Å². The van der Waals surface area contributed by atoms with Gasteiger partial charge in [0.1, 0.15) is 0 Å². The van der Waals surface area contributed by atoms with Gasteiger partial charge >= 0.3 is 0 Å². The average molecular weight is 251 g/mol. The second kappa shape index (κ2) is 5.97. The normalized spacial score (nSPS) is 31.7. The number of piperidine rings is 1. The first-order valence-electron chi connectivity index (χ1n) is 5.40. The standard InChI is InChI=1S/C10H18N2OS.ClH/c1-2-3-14-6-9(13)12-10-7-4-11-5-8(7)10;/h7-8,10-11H,2-6H2,1H3,(H,12,13);1H. The Morgan fingerprint density at radius 3 is 2.73 bits per heavy atom. The molecule has 1 aliphatic heterocycles. The summed E-state index contributed by atoms with van der Waals surface area (Å²) in [5.74, 6) is 3.41. The lowest BCUT2D eigenvalue weighted by Gasteiger charge is -2.06. The molecule has 1 saturated carbocycles. The molecule has 0 aromatic rings. The van der Waals surface area contributed by atoms with Gasteiger partial charge in [-0.05, 0) is 24.0 Å². The van der Waals surface area contributed by atoms with Crippen LogP contribution in [0.15, 0.2) is 0 Å². The number of carbonyl (C=O) groups excluding carboxylic acids is 1. The van der Waals surface area contributed by atoms with E-state index in [4.69, 9.17) is 0 Å². The molecule has 0 spiro atoms. The smallest absolute Gasteiger partial charge is 0.230 e. The Morgan fingerprint density at radius 1 is 1.47 bits per heavy atom. The van der Waals surface area contributed by atoms with Crippen LogP contribution in [0.3, 0.4) is 0 Å². The summed E-state index contributed by atoms with van der Waals surface area (Å²) in [6, 6.07) is 0.492. The molecule has 2 unspecified atom stereocenters. The van der Waals surface area contributed by atoms with Crippen LogP contribution in [0.4, 0.5) is 0 Å². The van der Waals surface area contributed by atoms with Gasteiger partial charge in [0.15, 0.2) is 0 Å². The van der Waals surface area contributed by atoms with E-state index in [2.05, 4.69) is 17.6 Å². The Bertz CT molecular complexity index is 217. The SMILES string of the molecule is CCCSCC(=O)NC1C2CNCC21.Cl. The Labute approximate surface area is 102 Å². The highest BCUT2D eigenvalue weighted by Gasteiger charge is 2.53. The molecule has 5 heteroatoms. The van der Waals surface area contributed by atoms with Gasteiger partial charge in [0.2, 0.25) is 5.91 Å². The van der Waals surface area contributed by atoms with Gasteiger partial charge in [-0.15, -0.1) is 12.4 Å². The van der Waals surface area contributed by atoms with E-state index in [0.717, 1.165) is 37.1 Å². The fourth-order valence-corrected chi connectivity index (χ4v) is 2.87. The number of hydrogen-bond acceptors (Lipinski definition) is 3. The molecule has 2 rings (SSSR count). The molecule has 2 N–H and O–H groups in total. The molecular weight excluding hydrogens is 232 g/mol. The van der Waals surface area contributed by atoms with Gasteiger partial charge in [0.05, 0.1) is 5.75 Å². The van der Waals surface area contributed by atoms with Crippen LogP contribution < -0.4 is 10.6 Å². The van der Waals surface area contributed by atoms with Crippen molar-refractivity contribution in [1.82, 2.24) is 10.6 Å². The van der Waals surface area contributed by atoms with Crippen molar-refractivity contribution in [2.45, 2.75) is 19.4 Å². The monoisotopic (exact) mass is 250 g/mol. The maximum absolute atomic E-state index is 11.4. The number of fused-ring (bicyclic) bond motifs is 1. The number of nitrogens with one attached hydrogen (secondary N) is 2. The van der Waals surface area contributed by atoms with Crippen LogP contribution in [-0.2, 0) is 4.79 Å². The molecule has 15 heavy (non-hydrogen) atoms. The third-order valence-corrected chi connectivity index (χ3v) is 4.16. The highest BCUT2D eigenvalue weighted by Crippen LogP contribution is 2.41. The number of rotatable bonds is 5. The summed E-state index contributed by atoms with van der Waals surface area (Å²) >= 11 is 1.73. The Hall–Kier alpha value is 0.0700. The van der Waals surface area contributed by atoms with Gasteiger partial charge in [-0.1, -0.05) is 6.92 Å². The lowest BCUT2D eigenvalue weighted by molar-refractivity contribution is -0.118. The van der Waals surface area contributed by atoms with Gasteiger partial charge in [0, 0.05) is 19.1 Å². The van der Waals surface area contributed by atoms with Crippen molar-refractivity contribution in [2.24, 2.45) is 11.8 Å². The van der Waals surface area contributed by atoms with Gasteiger partial charge < -0.3 is 10.6 Å². The third kappa shape index (κ3) is 3.26. The number of halogens is 1. The lowest BCUT2D eigenvalue weighted by atomic mass is 10.4. The lowest BCUT2D eigenvalue weighted by Crippen LogP contribution is -2.33. The molecule has 0 bridgehead atoms. The van der Waals surface area contributed by atoms with Crippen molar-refractivity contribution >= 4 is 30.1 Å². The zero-order valence-electron chi connectivity index (χ0n) is 8.99. The number of thioether (sulfide) groups is 1. The highest BCUT2D eigenvalue weighted by molar-refractivity contribution is 7.99. The zero-order valence-corrected chi connectivity index (χ0v) is 10.6. The Morgan fingerprint density at radius 2 is 2.13 bits per heavy atom. The number of carbonyl (C=O) groups is 1. The summed E-state index contributed by atoms with van der Waals surface area (Å²) in [7, 11) is 0. The molecule has 1 heterocycles. The van der Waals surface area contributed by atoms with E-state index in [0.29, 0.717) is 11.8 Å². The summed E-state index contributed by atoms with van der Waals surface area (Å²) in [5.41, 5.74) is 0. The zero-order chi connectivity index (χ0) is 9.97. The molecule has 1 amide bonds. The first kappa shape index (κ1) is 13.1. The van der Waals surface area contributed by atoms with Crippen LogP contribution >= 0.6 is 24.2 Å². The van der Waals surface area contributed by atoms with Crippen LogP contribution in [0.25, 0.3) is 0 Å². The van der Waals surface area contributed by atoms with Crippen molar-refractivity contribution in [3.05, 3.63) is 0 Å². The van der Waals surface area contributed by atoms with Crippen molar-refractivity contribution in [1.29, 1.82) is 0 Å². The van der Waals surface area contributed by atoms with Crippen molar-refractivity contribution in [2.75, 3.05) is 24.6 Å². The highest BCUT2D eigenvalue weighted by atomic mass is 35.5. The molecule has 2 aliphatic rings. The van der Waals surface area contributed by atoms with E-state index < -0.39 is 0 Å². The van der Waals surface area contributed by atoms with Crippen molar-refractivity contribution in [3.63, 3.8) is 0 Å². The molecule has 2 fully saturated rings. The van der Waals surface area contributed by atoms with E-state index in [-0.39, 0.29) is 18.3 Å². The third-order valence-electron chi connectivity index (χ3n) is 3.00. The van der Waals surface area contributed by atoms with E-state index in [1.165, 1.54) is 0 Å². The predicted octanol–water partition coefficient (Wildman–Crippen LogP) is 0.885. The van der Waals surface area contributed by atoms with E-state index in [1.807, 2.05) is 0 Å². The van der Waals surface area contributed by atoms with Gasteiger partial charge in [-0.25, -0.2) is 0 Å². The topological polar surface area (TPSA) is 41.1 Å². The maximum atomic E-state index is 11.4. The second-order valence-electron chi connectivity index (χ2n) is 4.13. The minimum absolute atomic E-state index is 0. The molecule has 1 saturated heterocycles. The van der Waals surface area contributed by atoms with Crippen molar-refractivity contribution < 1.29 is 4.79 Å². The number of hydrogen-bond donors (Lipinski definition) is 2. The molecule has 0 aromatic heterocycles. The van der Waals surface area contributed by atoms with Gasteiger partial charge in [-0.3, -0.25) is 4.79 Å². The molecule has 0 radical (unpaired) electrons. The summed E-state index contributed by atoms with van der Waals surface area (Å²) in [4.78, 5) is 11.4. The predicted molar refractivity (Wildman–Crippen MR) is 66.6 cm³/mol. The van der Waals surface area contributed by atoms with Gasteiger partial charge in [0.25, 0.3) is 0 Å². The fourth-order valence-electron chi connectivity index (χ4n) is 2.17. The molecule has 3 nitrogen and oxygen atoms in total. The Kier molecular flexibility index (Phi) is 5.23. The summed E-state index contributed by atoms with van der Waals surface area (Å²) < 4.78 is 0.